The molecule has 0 aliphatic carbocycles. The summed E-state index contributed by atoms with van der Waals surface area (Å²) in [6, 6.07) is 17.1. The summed E-state index contributed by atoms with van der Waals surface area (Å²) in [5, 5.41) is 2.71. The molecule has 2 aromatic rings. The van der Waals surface area contributed by atoms with Crippen molar-refractivity contribution in [2.45, 2.75) is 26.4 Å². The van der Waals surface area contributed by atoms with Gasteiger partial charge in [0, 0.05) is 17.7 Å². The van der Waals surface area contributed by atoms with Crippen LogP contribution in [0.1, 0.15) is 36.5 Å². The lowest BCUT2D eigenvalue weighted by molar-refractivity contribution is 0.139. The second-order valence-corrected chi connectivity index (χ2v) is 5.92. The molecular formula is C26H21NO2. The lowest BCUT2D eigenvalue weighted by Gasteiger charge is -2.06. The van der Waals surface area contributed by atoms with Gasteiger partial charge < -0.3 is 10.1 Å². The number of hydrogen-bond acceptors (Lipinski definition) is 2. The standard InChI is InChI=1S/C26H21NO2/c1-2-3-21-27-26(28)29-22-25-19-17-24(18-20-25)16-10-7-5-4-6-9-13-23-14-11-8-12-15-23/h8,11-12,14-15,17-20H,2-3,21-22H2,1H3,(H,27,28). The number of carbonyl (C=O) groups excluding carboxylic acids is 1. The van der Waals surface area contributed by atoms with Crippen molar-refractivity contribution < 1.29 is 9.53 Å². The number of amides is 1. The Hall–Kier alpha value is -4.05. The summed E-state index contributed by atoms with van der Waals surface area (Å²) in [5.74, 6) is 22.0. The quantitative estimate of drug-likeness (QED) is 0.627. The number of hydrogen-bond donors (Lipinski definition) is 1. The largest absolute Gasteiger partial charge is 0.445 e. The third kappa shape index (κ3) is 9.45. The highest BCUT2D eigenvalue weighted by Gasteiger charge is 2.01. The van der Waals surface area contributed by atoms with Gasteiger partial charge in [0.05, 0.1) is 0 Å². The van der Waals surface area contributed by atoms with E-state index in [0.717, 1.165) is 29.5 Å². The van der Waals surface area contributed by atoms with Crippen molar-refractivity contribution in [1.82, 2.24) is 5.32 Å². The zero-order valence-corrected chi connectivity index (χ0v) is 16.3. The first-order valence-corrected chi connectivity index (χ1v) is 9.34. The van der Waals surface area contributed by atoms with E-state index in [1.165, 1.54) is 0 Å². The topological polar surface area (TPSA) is 38.3 Å². The van der Waals surface area contributed by atoms with Gasteiger partial charge in [0.2, 0.25) is 0 Å². The Kier molecular flexibility index (Phi) is 9.65. The average molecular weight is 379 g/mol. The molecule has 1 amide bonds. The molecule has 142 valence electrons. The summed E-state index contributed by atoms with van der Waals surface area (Å²) in [6.45, 7) is 2.93. The van der Waals surface area contributed by atoms with Crippen molar-refractivity contribution in [2.75, 3.05) is 6.54 Å². The third-order valence-electron chi connectivity index (χ3n) is 3.62. The van der Waals surface area contributed by atoms with E-state index in [0.29, 0.717) is 6.54 Å². The summed E-state index contributed by atoms with van der Waals surface area (Å²) in [7, 11) is 0. The molecule has 0 aliphatic heterocycles. The first-order chi connectivity index (χ1) is 14.3. The van der Waals surface area contributed by atoms with Crippen LogP contribution in [0.4, 0.5) is 4.79 Å². The molecule has 0 unspecified atom stereocenters. The zero-order valence-electron chi connectivity index (χ0n) is 16.3. The first kappa shape index (κ1) is 21.3. The van der Waals surface area contributed by atoms with Crippen LogP contribution in [-0.2, 0) is 11.3 Å². The Morgan fingerprint density at radius 1 is 0.828 bits per heavy atom. The van der Waals surface area contributed by atoms with Crippen LogP contribution in [0.3, 0.4) is 0 Å². The number of ether oxygens (including phenoxy) is 1. The molecule has 0 saturated heterocycles. The van der Waals surface area contributed by atoms with Gasteiger partial charge >= 0.3 is 6.09 Å². The van der Waals surface area contributed by atoms with E-state index in [9.17, 15) is 4.79 Å². The predicted octanol–water partition coefficient (Wildman–Crippen LogP) is 4.12. The van der Waals surface area contributed by atoms with Gasteiger partial charge in [0.25, 0.3) is 0 Å². The van der Waals surface area contributed by atoms with Crippen molar-refractivity contribution in [3.63, 3.8) is 0 Å². The molecular weight excluding hydrogens is 358 g/mol. The Balaban J connectivity index is 1.78. The SMILES string of the molecule is CCCCNC(=O)OCc1ccc(C#CC#CC#CC#Cc2ccccc2)cc1. The van der Waals surface area contributed by atoms with Gasteiger partial charge in [-0.3, -0.25) is 0 Å². The lowest BCUT2D eigenvalue weighted by atomic mass is 10.1. The Bertz CT molecular complexity index is 1040. The van der Waals surface area contributed by atoms with Crippen LogP contribution in [0.15, 0.2) is 54.6 Å². The van der Waals surface area contributed by atoms with Gasteiger partial charge in [-0.1, -0.05) is 55.5 Å². The average Bonchev–Trinajstić information content (AvgIpc) is 2.76. The van der Waals surface area contributed by atoms with Crippen molar-refractivity contribution >= 4 is 6.09 Å². The molecule has 2 aromatic carbocycles. The maximum Gasteiger partial charge on any atom is 0.407 e. The molecule has 0 fully saturated rings. The molecule has 0 heterocycles. The maximum absolute atomic E-state index is 11.5. The van der Waals surface area contributed by atoms with Crippen LogP contribution >= 0.6 is 0 Å². The van der Waals surface area contributed by atoms with E-state index in [4.69, 9.17) is 4.74 Å². The summed E-state index contributed by atoms with van der Waals surface area (Å²) < 4.78 is 5.15. The number of unbranched alkanes of at least 4 members (excludes halogenated alkanes) is 1. The van der Waals surface area contributed by atoms with Crippen LogP contribution in [0.5, 0.6) is 0 Å². The molecule has 0 aromatic heterocycles. The number of carbonyl (C=O) groups is 1. The molecule has 29 heavy (non-hydrogen) atoms. The van der Waals surface area contributed by atoms with Crippen LogP contribution in [0.2, 0.25) is 0 Å². The molecule has 3 nitrogen and oxygen atoms in total. The van der Waals surface area contributed by atoms with Crippen molar-refractivity contribution in [2.24, 2.45) is 0 Å². The second-order valence-electron chi connectivity index (χ2n) is 5.92. The molecule has 0 aliphatic rings. The zero-order chi connectivity index (χ0) is 20.6. The predicted molar refractivity (Wildman–Crippen MR) is 115 cm³/mol. The fourth-order valence-electron chi connectivity index (χ4n) is 2.10. The lowest BCUT2D eigenvalue weighted by Crippen LogP contribution is -2.25. The minimum atomic E-state index is -0.396. The van der Waals surface area contributed by atoms with Gasteiger partial charge in [-0.05, 0) is 71.8 Å². The highest BCUT2D eigenvalue weighted by Crippen LogP contribution is 2.05. The van der Waals surface area contributed by atoms with Crippen molar-refractivity contribution in [3.05, 3.63) is 71.3 Å². The van der Waals surface area contributed by atoms with Crippen molar-refractivity contribution in [1.29, 1.82) is 0 Å². The first-order valence-electron chi connectivity index (χ1n) is 9.34. The van der Waals surface area contributed by atoms with E-state index in [-0.39, 0.29) is 6.61 Å². The Morgan fingerprint density at radius 2 is 1.41 bits per heavy atom. The maximum atomic E-state index is 11.5. The minimum Gasteiger partial charge on any atom is -0.445 e. The summed E-state index contributed by atoms with van der Waals surface area (Å²) in [4.78, 5) is 11.5. The van der Waals surface area contributed by atoms with E-state index in [1.54, 1.807) is 0 Å². The Labute approximate surface area is 172 Å². The molecule has 0 radical (unpaired) electrons. The van der Waals surface area contributed by atoms with Gasteiger partial charge in [0.1, 0.15) is 6.61 Å². The molecule has 1 N–H and O–H groups in total. The Morgan fingerprint density at radius 3 is 2.03 bits per heavy atom. The molecule has 2 rings (SSSR count). The third-order valence-corrected chi connectivity index (χ3v) is 3.62. The van der Waals surface area contributed by atoms with Crippen LogP contribution < -0.4 is 5.32 Å². The second kappa shape index (κ2) is 13.2. The fraction of sp³-hybridized carbons (Fsp3) is 0.192. The molecule has 0 bridgehead atoms. The van der Waals surface area contributed by atoms with Crippen molar-refractivity contribution in [3.8, 4) is 47.4 Å². The van der Waals surface area contributed by atoms with Gasteiger partial charge in [0.15, 0.2) is 0 Å². The van der Waals surface area contributed by atoms with Crippen LogP contribution in [0, 0.1) is 47.4 Å². The molecule has 0 atom stereocenters. The van der Waals surface area contributed by atoms with E-state index >= 15 is 0 Å². The number of nitrogens with one attached hydrogen (secondary N) is 1. The smallest absolute Gasteiger partial charge is 0.407 e. The summed E-state index contributed by atoms with van der Waals surface area (Å²) in [6.07, 6.45) is 1.58. The number of rotatable bonds is 5. The van der Waals surface area contributed by atoms with Crippen LogP contribution in [0.25, 0.3) is 0 Å². The molecule has 0 saturated carbocycles. The van der Waals surface area contributed by atoms with E-state index in [2.05, 4.69) is 59.6 Å². The molecule has 3 heteroatoms. The number of alkyl carbamates (subject to hydrolysis) is 1. The normalized spacial score (nSPS) is 8.45. The van der Waals surface area contributed by atoms with Crippen LogP contribution in [-0.4, -0.2) is 12.6 Å². The van der Waals surface area contributed by atoms with Gasteiger partial charge in [-0.2, -0.15) is 0 Å². The monoisotopic (exact) mass is 379 g/mol. The number of benzene rings is 2. The van der Waals surface area contributed by atoms with Gasteiger partial charge in [-0.15, -0.1) is 0 Å². The van der Waals surface area contributed by atoms with E-state index in [1.807, 2.05) is 54.6 Å². The molecule has 0 spiro atoms. The highest BCUT2D eigenvalue weighted by molar-refractivity contribution is 5.67. The fourth-order valence-corrected chi connectivity index (χ4v) is 2.10. The highest BCUT2D eigenvalue weighted by atomic mass is 16.5. The van der Waals surface area contributed by atoms with Gasteiger partial charge in [-0.25, -0.2) is 4.79 Å². The van der Waals surface area contributed by atoms with E-state index < -0.39 is 6.09 Å². The summed E-state index contributed by atoms with van der Waals surface area (Å²) in [5.41, 5.74) is 2.64. The minimum absolute atomic E-state index is 0.227. The summed E-state index contributed by atoms with van der Waals surface area (Å²) >= 11 is 0.